The second kappa shape index (κ2) is 73.1. The van der Waals surface area contributed by atoms with Crippen molar-refractivity contribution in [3.8, 4) is 0 Å². The molecule has 0 aliphatic rings. The summed E-state index contributed by atoms with van der Waals surface area (Å²) in [5.74, 6) is -2.12. The number of unbranched alkanes of at least 4 members (excludes halogenated alkanes) is 51. The van der Waals surface area contributed by atoms with Crippen LogP contribution >= 0.6 is 15.6 Å². The number of carbonyl (C=O) groups is 4. The Hall–Kier alpha value is -2.20. The van der Waals surface area contributed by atoms with Crippen molar-refractivity contribution in [1.82, 2.24) is 0 Å². The predicted octanol–water partition coefficient (Wildman–Crippen LogP) is 23.6. The SMILES string of the molecule is CCCCCCCC/C=C\CCCCCCCC(=O)O[C@H](COC(=O)CCCCCCCCCCCCCCC)COP(=O)(O)OC[C@@H](O)COP(=O)(O)OC[C@@H](COC(=O)CCCCCCCCCCCCCCCCCCC)OC(=O)CCCCCCCCCCCCCCC. The third kappa shape index (κ3) is 72.2. The average Bonchev–Trinajstić information content (AvgIpc) is 0.984. The zero-order valence-electron chi connectivity index (χ0n) is 63.5. The van der Waals surface area contributed by atoms with E-state index in [0.29, 0.717) is 25.7 Å². The number of ether oxygens (including phenoxy) is 4. The van der Waals surface area contributed by atoms with Gasteiger partial charge in [-0.1, -0.05) is 348 Å². The van der Waals surface area contributed by atoms with Gasteiger partial charge in [0.1, 0.15) is 19.3 Å². The van der Waals surface area contributed by atoms with Crippen molar-refractivity contribution in [2.75, 3.05) is 39.6 Å². The molecule has 580 valence electrons. The van der Waals surface area contributed by atoms with Gasteiger partial charge in [-0.05, 0) is 51.4 Å². The van der Waals surface area contributed by atoms with E-state index in [1.807, 2.05) is 0 Å². The first-order valence-corrected chi connectivity index (χ1v) is 43.9. The van der Waals surface area contributed by atoms with Crippen molar-refractivity contribution in [2.45, 2.75) is 431 Å². The van der Waals surface area contributed by atoms with E-state index in [4.69, 9.17) is 37.0 Å². The number of phosphoric acid groups is 2. The highest BCUT2D eigenvalue weighted by atomic mass is 31.2. The molecule has 0 amide bonds. The maximum Gasteiger partial charge on any atom is 0.472 e. The Balaban J connectivity index is 5.26. The third-order valence-electron chi connectivity index (χ3n) is 18.3. The normalized spacial score (nSPS) is 13.9. The quantitative estimate of drug-likeness (QED) is 0.0169. The molecule has 0 bridgehead atoms. The minimum absolute atomic E-state index is 0.0952. The minimum Gasteiger partial charge on any atom is -0.462 e. The van der Waals surface area contributed by atoms with Gasteiger partial charge < -0.3 is 33.8 Å². The molecule has 0 aliphatic heterocycles. The summed E-state index contributed by atoms with van der Waals surface area (Å²) in [5, 5.41) is 10.6. The maximum absolute atomic E-state index is 13.1. The van der Waals surface area contributed by atoms with Gasteiger partial charge in [-0.25, -0.2) is 9.13 Å². The van der Waals surface area contributed by atoms with Crippen LogP contribution in [0.25, 0.3) is 0 Å². The number of aliphatic hydroxyl groups is 1. The smallest absolute Gasteiger partial charge is 0.462 e. The Kier molecular flexibility index (Phi) is 71.5. The summed E-state index contributed by atoms with van der Waals surface area (Å²) in [6.07, 6.45) is 66.1. The van der Waals surface area contributed by atoms with Crippen LogP contribution in [0.2, 0.25) is 0 Å². The summed E-state index contributed by atoms with van der Waals surface area (Å²) in [7, 11) is -9.92. The molecule has 3 N–H and O–H groups in total. The number of allylic oxidation sites excluding steroid dienone is 2. The molecule has 0 rings (SSSR count). The lowest BCUT2D eigenvalue weighted by atomic mass is 10.0. The summed E-state index contributed by atoms with van der Waals surface area (Å²) in [5.41, 5.74) is 0. The van der Waals surface area contributed by atoms with Gasteiger partial charge in [0.15, 0.2) is 12.2 Å². The van der Waals surface area contributed by atoms with Crippen LogP contribution in [-0.4, -0.2) is 96.7 Å². The van der Waals surface area contributed by atoms with Crippen LogP contribution in [0.4, 0.5) is 0 Å². The molecule has 0 fully saturated rings. The summed E-state index contributed by atoms with van der Waals surface area (Å²) in [6.45, 7) is 4.99. The van der Waals surface area contributed by atoms with Crippen LogP contribution < -0.4 is 0 Å². The highest BCUT2D eigenvalue weighted by molar-refractivity contribution is 7.47. The van der Waals surface area contributed by atoms with Crippen molar-refractivity contribution < 1.29 is 80.2 Å². The fraction of sp³-hybridized carbons (Fsp3) is 0.924. The van der Waals surface area contributed by atoms with Gasteiger partial charge in [-0.2, -0.15) is 0 Å². The van der Waals surface area contributed by atoms with Gasteiger partial charge in [-0.3, -0.25) is 37.3 Å². The largest absolute Gasteiger partial charge is 0.472 e. The molecule has 0 aliphatic carbocycles. The van der Waals surface area contributed by atoms with E-state index in [1.54, 1.807) is 0 Å². The van der Waals surface area contributed by atoms with Gasteiger partial charge in [0.05, 0.1) is 26.4 Å². The second-order valence-electron chi connectivity index (χ2n) is 28.1. The van der Waals surface area contributed by atoms with E-state index in [0.717, 1.165) is 103 Å². The molecule has 5 atom stereocenters. The zero-order valence-corrected chi connectivity index (χ0v) is 65.3. The number of aliphatic hydroxyl groups excluding tert-OH is 1. The number of hydrogen-bond donors (Lipinski definition) is 3. The number of rotatable bonds is 79. The lowest BCUT2D eigenvalue weighted by Crippen LogP contribution is -2.30. The second-order valence-corrected chi connectivity index (χ2v) is 31.0. The summed E-state index contributed by atoms with van der Waals surface area (Å²) in [4.78, 5) is 73.0. The fourth-order valence-electron chi connectivity index (χ4n) is 12.0. The Morgan fingerprint density at radius 3 is 0.704 bits per heavy atom. The van der Waals surface area contributed by atoms with Crippen molar-refractivity contribution in [1.29, 1.82) is 0 Å². The van der Waals surface area contributed by atoms with E-state index >= 15 is 0 Å². The monoisotopic (exact) mass is 1440 g/mol. The summed E-state index contributed by atoms with van der Waals surface area (Å²) < 4.78 is 68.6. The van der Waals surface area contributed by atoms with E-state index in [9.17, 15) is 43.2 Å². The third-order valence-corrected chi connectivity index (χ3v) is 20.2. The average molecular weight is 1440 g/mol. The zero-order chi connectivity index (χ0) is 71.8. The predicted molar refractivity (Wildman–Crippen MR) is 400 cm³/mol. The Morgan fingerprint density at radius 2 is 0.469 bits per heavy atom. The van der Waals surface area contributed by atoms with Gasteiger partial charge in [0.25, 0.3) is 0 Å². The fourth-order valence-corrected chi connectivity index (χ4v) is 13.6. The summed E-state index contributed by atoms with van der Waals surface area (Å²) in [6, 6.07) is 0. The number of esters is 4. The number of hydrogen-bond acceptors (Lipinski definition) is 15. The lowest BCUT2D eigenvalue weighted by molar-refractivity contribution is -0.161. The standard InChI is InChI=1S/C79H152O17P2/c1-5-9-13-17-21-25-29-33-35-36-38-41-44-48-52-56-60-64-77(82)90-70-74(95-78(83)65-61-57-53-49-45-40-32-28-24-20-16-12-8-4)71-93-97(85,86)91-67-73(80)68-92-98(87,88)94-72-75(69-89-76(81)63-59-55-51-47-43-39-31-27-23-19-15-11-7-3)96-79(84)66-62-58-54-50-46-42-37-34-30-26-22-18-14-10-6-2/h34,37,73-75,80H,5-33,35-36,38-72H2,1-4H3,(H,85,86)(H,87,88)/b37-34-/t73-,74+,75+/m0/s1. The minimum atomic E-state index is -4.96. The molecule has 2 unspecified atom stereocenters. The molecule has 19 heteroatoms. The Morgan fingerprint density at radius 1 is 0.276 bits per heavy atom. The highest BCUT2D eigenvalue weighted by Gasteiger charge is 2.30. The molecule has 0 spiro atoms. The molecule has 0 saturated carbocycles. The Bertz CT molecular complexity index is 1910. The molecule has 98 heavy (non-hydrogen) atoms. The van der Waals surface area contributed by atoms with Crippen LogP contribution in [0.3, 0.4) is 0 Å². The molecule has 0 heterocycles. The van der Waals surface area contributed by atoms with Crippen molar-refractivity contribution in [3.63, 3.8) is 0 Å². The van der Waals surface area contributed by atoms with E-state index in [2.05, 4.69) is 39.8 Å². The van der Waals surface area contributed by atoms with Crippen LogP contribution in [0.15, 0.2) is 12.2 Å². The van der Waals surface area contributed by atoms with Crippen LogP contribution in [-0.2, 0) is 65.4 Å². The van der Waals surface area contributed by atoms with Crippen molar-refractivity contribution in [3.05, 3.63) is 12.2 Å². The van der Waals surface area contributed by atoms with Gasteiger partial charge in [0.2, 0.25) is 0 Å². The van der Waals surface area contributed by atoms with Gasteiger partial charge in [-0.15, -0.1) is 0 Å². The first-order valence-electron chi connectivity index (χ1n) is 40.9. The topological polar surface area (TPSA) is 237 Å². The lowest BCUT2D eigenvalue weighted by Gasteiger charge is -2.21. The van der Waals surface area contributed by atoms with Crippen LogP contribution in [0, 0.1) is 0 Å². The van der Waals surface area contributed by atoms with Gasteiger partial charge >= 0.3 is 39.5 Å². The van der Waals surface area contributed by atoms with Crippen molar-refractivity contribution in [2.24, 2.45) is 0 Å². The van der Waals surface area contributed by atoms with Gasteiger partial charge in [0, 0.05) is 25.7 Å². The molecule has 0 aromatic heterocycles. The number of carbonyl (C=O) groups excluding carboxylic acids is 4. The molecule has 0 radical (unpaired) electrons. The van der Waals surface area contributed by atoms with Crippen LogP contribution in [0.5, 0.6) is 0 Å². The Labute approximate surface area is 600 Å². The maximum atomic E-state index is 13.1. The molecule has 0 aromatic carbocycles. The molecular formula is C79H152O17P2. The van der Waals surface area contributed by atoms with E-state index < -0.39 is 97.5 Å². The molecule has 17 nitrogen and oxygen atoms in total. The molecular weight excluding hydrogens is 1280 g/mol. The van der Waals surface area contributed by atoms with E-state index in [-0.39, 0.29) is 25.7 Å². The molecule has 0 aromatic rings. The van der Waals surface area contributed by atoms with Crippen LogP contribution in [0.1, 0.15) is 413 Å². The summed E-state index contributed by atoms with van der Waals surface area (Å²) >= 11 is 0. The number of phosphoric ester groups is 2. The highest BCUT2D eigenvalue weighted by Crippen LogP contribution is 2.45. The van der Waals surface area contributed by atoms with Crippen molar-refractivity contribution >= 4 is 39.5 Å². The first-order chi connectivity index (χ1) is 47.7. The molecule has 0 saturated heterocycles. The van der Waals surface area contributed by atoms with E-state index in [1.165, 1.54) is 231 Å². The first kappa shape index (κ1) is 95.8.